The zero-order chi connectivity index (χ0) is 12.6. The minimum absolute atomic E-state index is 0.195. The zero-order valence-electron chi connectivity index (χ0n) is 8.67. The molecule has 1 aromatic heterocycles. The summed E-state index contributed by atoms with van der Waals surface area (Å²) in [5, 5.41) is 31.9. The number of carbonyl (C=O) groups is 1. The number of nitrogens with zero attached hydrogens (tertiary/aromatic N) is 3. The van der Waals surface area contributed by atoms with Crippen molar-refractivity contribution in [3.8, 4) is 0 Å². The van der Waals surface area contributed by atoms with E-state index in [-0.39, 0.29) is 5.82 Å². The Morgan fingerprint density at radius 3 is 2.76 bits per heavy atom. The second kappa shape index (κ2) is 4.37. The van der Waals surface area contributed by atoms with Gasteiger partial charge in [0.2, 0.25) is 5.82 Å². The van der Waals surface area contributed by atoms with Crippen molar-refractivity contribution in [1.29, 1.82) is 0 Å². The van der Waals surface area contributed by atoms with Gasteiger partial charge in [0, 0.05) is 0 Å². The lowest BCUT2D eigenvalue weighted by molar-refractivity contribution is -0.0595. The van der Waals surface area contributed by atoms with Gasteiger partial charge in [0.05, 0.1) is 6.61 Å². The van der Waals surface area contributed by atoms with Crippen molar-refractivity contribution < 1.29 is 24.9 Å². The molecule has 4 atom stereocenters. The van der Waals surface area contributed by atoms with Gasteiger partial charge in [0.15, 0.2) is 6.23 Å². The van der Waals surface area contributed by atoms with E-state index < -0.39 is 37.1 Å². The number of hydrogen-bond acceptors (Lipinski definition) is 7. The summed E-state index contributed by atoms with van der Waals surface area (Å²) < 4.78 is 6.15. The maximum Gasteiger partial charge on any atom is 0.286 e. The van der Waals surface area contributed by atoms with E-state index in [0.717, 1.165) is 11.0 Å². The Hall–Kier alpha value is -1.55. The Labute approximate surface area is 95.4 Å². The Kier molecular flexibility index (Phi) is 3.07. The zero-order valence-corrected chi connectivity index (χ0v) is 8.67. The minimum atomic E-state index is -1.33. The number of hydrogen-bond donors (Lipinski definition) is 4. The van der Waals surface area contributed by atoms with E-state index in [2.05, 4.69) is 10.1 Å². The number of primary amides is 1. The summed E-state index contributed by atoms with van der Waals surface area (Å²) in [4.78, 5) is 14.6. The highest BCUT2D eigenvalue weighted by Gasteiger charge is 2.44. The molecule has 94 valence electrons. The number of aliphatic hydroxyl groups is 3. The largest absolute Gasteiger partial charge is 0.394 e. The van der Waals surface area contributed by atoms with Gasteiger partial charge < -0.3 is 25.8 Å². The molecule has 9 nitrogen and oxygen atoms in total. The fourth-order valence-corrected chi connectivity index (χ4v) is 1.69. The van der Waals surface area contributed by atoms with Gasteiger partial charge in [-0.1, -0.05) is 0 Å². The van der Waals surface area contributed by atoms with E-state index in [1.807, 2.05) is 0 Å². The molecule has 0 aliphatic carbocycles. The SMILES string of the molecule is NC(=O)c1ncnn1[C@@H]1O[C@H](CO)C(O)C1O. The number of rotatable bonds is 3. The van der Waals surface area contributed by atoms with E-state index in [1.54, 1.807) is 0 Å². The first kappa shape index (κ1) is 11.9. The van der Waals surface area contributed by atoms with Crippen LogP contribution < -0.4 is 5.73 Å². The number of carbonyl (C=O) groups excluding carboxylic acids is 1. The molecule has 1 aliphatic rings. The Balaban J connectivity index is 2.29. The molecule has 0 aromatic carbocycles. The van der Waals surface area contributed by atoms with Crippen molar-refractivity contribution in [2.75, 3.05) is 6.61 Å². The predicted molar refractivity (Wildman–Crippen MR) is 51.5 cm³/mol. The second-order valence-electron chi connectivity index (χ2n) is 3.62. The highest BCUT2D eigenvalue weighted by Crippen LogP contribution is 2.29. The van der Waals surface area contributed by atoms with Crippen molar-refractivity contribution >= 4 is 5.91 Å². The van der Waals surface area contributed by atoms with Crippen LogP contribution in [0.15, 0.2) is 6.33 Å². The van der Waals surface area contributed by atoms with Gasteiger partial charge in [-0.15, -0.1) is 0 Å². The lowest BCUT2D eigenvalue weighted by Crippen LogP contribution is -2.34. The van der Waals surface area contributed by atoms with Crippen molar-refractivity contribution in [3.63, 3.8) is 0 Å². The van der Waals surface area contributed by atoms with Crippen LogP contribution >= 0.6 is 0 Å². The second-order valence-corrected chi connectivity index (χ2v) is 3.62. The van der Waals surface area contributed by atoms with Crippen molar-refractivity contribution in [1.82, 2.24) is 14.8 Å². The lowest BCUT2D eigenvalue weighted by atomic mass is 10.1. The van der Waals surface area contributed by atoms with Crippen LogP contribution in [0.3, 0.4) is 0 Å². The summed E-state index contributed by atoms with van der Waals surface area (Å²) >= 11 is 0. The molecule has 5 N–H and O–H groups in total. The molecule has 0 spiro atoms. The number of aliphatic hydroxyl groups excluding tert-OH is 3. The molecular weight excluding hydrogens is 232 g/mol. The molecule has 2 rings (SSSR count). The van der Waals surface area contributed by atoms with Crippen LogP contribution in [0, 0.1) is 0 Å². The van der Waals surface area contributed by atoms with Gasteiger partial charge in [-0.2, -0.15) is 5.10 Å². The molecule has 1 saturated heterocycles. The van der Waals surface area contributed by atoms with E-state index in [1.165, 1.54) is 0 Å². The molecule has 0 radical (unpaired) electrons. The topological polar surface area (TPSA) is 144 Å². The molecule has 2 unspecified atom stereocenters. The van der Waals surface area contributed by atoms with Gasteiger partial charge in [-0.25, -0.2) is 9.67 Å². The summed E-state index contributed by atoms with van der Waals surface area (Å²) in [6.45, 7) is -0.463. The predicted octanol–water partition coefficient (Wildman–Crippen LogP) is -3.01. The summed E-state index contributed by atoms with van der Waals surface area (Å²) in [5.41, 5.74) is 5.06. The molecule has 17 heavy (non-hydrogen) atoms. The summed E-state index contributed by atoms with van der Waals surface area (Å²) in [6.07, 6.45) is -3.57. The standard InChI is InChI=1S/C8H12N4O5/c9-6(16)7-10-2-11-12(7)8-5(15)4(14)3(1-13)17-8/h2-5,8,13-15H,1H2,(H2,9,16)/t3-,4?,5?,8-/m1/s1. The smallest absolute Gasteiger partial charge is 0.286 e. The molecule has 0 saturated carbocycles. The molecule has 1 amide bonds. The Bertz CT molecular complexity index is 422. The first-order valence-electron chi connectivity index (χ1n) is 4.88. The number of ether oxygens (including phenoxy) is 1. The van der Waals surface area contributed by atoms with Gasteiger partial charge in [-0.3, -0.25) is 4.79 Å². The quantitative estimate of drug-likeness (QED) is 0.443. The Morgan fingerprint density at radius 1 is 1.53 bits per heavy atom. The lowest BCUT2D eigenvalue weighted by Gasteiger charge is -2.15. The van der Waals surface area contributed by atoms with Crippen LogP contribution in [0.25, 0.3) is 0 Å². The van der Waals surface area contributed by atoms with Crippen LogP contribution in [0.1, 0.15) is 16.8 Å². The maximum atomic E-state index is 11.0. The third-order valence-corrected chi connectivity index (χ3v) is 2.55. The van der Waals surface area contributed by atoms with E-state index in [0.29, 0.717) is 0 Å². The molecule has 0 bridgehead atoms. The van der Waals surface area contributed by atoms with Crippen LogP contribution in [-0.4, -0.2) is 60.9 Å². The monoisotopic (exact) mass is 244 g/mol. The van der Waals surface area contributed by atoms with Crippen LogP contribution in [-0.2, 0) is 4.74 Å². The first-order valence-corrected chi connectivity index (χ1v) is 4.88. The van der Waals surface area contributed by atoms with Gasteiger partial charge >= 0.3 is 0 Å². The third kappa shape index (κ3) is 1.89. The Morgan fingerprint density at radius 2 is 2.24 bits per heavy atom. The highest BCUT2D eigenvalue weighted by atomic mass is 16.6. The van der Waals surface area contributed by atoms with Crippen LogP contribution in [0.4, 0.5) is 0 Å². The molecule has 9 heteroatoms. The molecule has 1 fully saturated rings. The molecule has 1 aliphatic heterocycles. The van der Waals surface area contributed by atoms with Gasteiger partial charge in [0.25, 0.3) is 5.91 Å². The fraction of sp³-hybridized carbons (Fsp3) is 0.625. The number of aromatic nitrogens is 3. The van der Waals surface area contributed by atoms with Crippen molar-refractivity contribution in [2.24, 2.45) is 5.73 Å². The number of amides is 1. The normalized spacial score (nSPS) is 32.9. The van der Waals surface area contributed by atoms with Crippen LogP contribution in [0.2, 0.25) is 0 Å². The van der Waals surface area contributed by atoms with Gasteiger partial charge in [-0.05, 0) is 0 Å². The average Bonchev–Trinajstić information content (AvgIpc) is 2.86. The number of nitrogens with two attached hydrogens (primary N) is 1. The molecular formula is C8H12N4O5. The molecule has 2 heterocycles. The summed E-state index contributed by atoms with van der Waals surface area (Å²) in [5.74, 6) is -1.03. The highest BCUT2D eigenvalue weighted by molar-refractivity contribution is 5.88. The average molecular weight is 244 g/mol. The first-order chi connectivity index (χ1) is 8.06. The van der Waals surface area contributed by atoms with E-state index in [9.17, 15) is 15.0 Å². The van der Waals surface area contributed by atoms with E-state index >= 15 is 0 Å². The fourth-order valence-electron chi connectivity index (χ4n) is 1.69. The third-order valence-electron chi connectivity index (χ3n) is 2.55. The van der Waals surface area contributed by atoms with E-state index in [4.69, 9.17) is 15.6 Å². The maximum absolute atomic E-state index is 11.0. The van der Waals surface area contributed by atoms with Crippen molar-refractivity contribution in [3.05, 3.63) is 12.2 Å². The minimum Gasteiger partial charge on any atom is -0.394 e. The summed E-state index contributed by atoms with van der Waals surface area (Å²) in [7, 11) is 0. The molecule has 1 aromatic rings. The van der Waals surface area contributed by atoms with Crippen molar-refractivity contribution in [2.45, 2.75) is 24.5 Å². The van der Waals surface area contributed by atoms with Crippen LogP contribution in [0.5, 0.6) is 0 Å². The summed E-state index contributed by atoms with van der Waals surface area (Å²) in [6, 6.07) is 0. The van der Waals surface area contributed by atoms with Gasteiger partial charge in [0.1, 0.15) is 24.6 Å².